The van der Waals surface area contributed by atoms with Gasteiger partial charge in [0.05, 0.1) is 5.75 Å². The molecule has 0 saturated heterocycles. The first-order chi connectivity index (χ1) is 9.11. The Hall–Kier alpha value is -1.46. The van der Waals surface area contributed by atoms with Crippen LogP contribution >= 0.6 is 0 Å². The van der Waals surface area contributed by atoms with Crippen molar-refractivity contribution in [2.75, 3.05) is 18.1 Å². The molecule has 0 radical (unpaired) electrons. The molecule has 1 N–H and O–H groups in total. The fourth-order valence-corrected chi connectivity index (χ4v) is 2.59. The first kappa shape index (κ1) is 14.0. The Bertz CT molecular complexity index is 653. The normalized spacial score (nSPS) is 11.8. The van der Waals surface area contributed by atoms with Gasteiger partial charge in [-0.3, -0.25) is 4.98 Å². The van der Waals surface area contributed by atoms with Crippen LogP contribution < -0.4 is 5.32 Å². The van der Waals surface area contributed by atoms with E-state index in [4.69, 9.17) is 0 Å². The quantitative estimate of drug-likeness (QED) is 0.818. The molecule has 0 fully saturated rings. The highest BCUT2D eigenvalue weighted by Gasteiger charge is 2.05. The SMILES string of the molecule is CCS(=O)(=O)CCNCc1ccc2cnccc2c1. The molecular weight excluding hydrogens is 260 g/mol. The van der Waals surface area contributed by atoms with Crippen LogP contribution in [0.5, 0.6) is 0 Å². The maximum atomic E-state index is 11.3. The number of nitrogens with one attached hydrogen (secondary N) is 1. The Kier molecular flexibility index (Phi) is 4.50. The highest BCUT2D eigenvalue weighted by atomic mass is 32.2. The number of sulfone groups is 1. The summed E-state index contributed by atoms with van der Waals surface area (Å²) in [6.07, 6.45) is 3.60. The molecular formula is C14H18N2O2S. The van der Waals surface area contributed by atoms with Crippen LogP contribution in [0.15, 0.2) is 36.7 Å². The third kappa shape index (κ3) is 4.01. The van der Waals surface area contributed by atoms with Gasteiger partial charge in [-0.2, -0.15) is 0 Å². The van der Waals surface area contributed by atoms with E-state index >= 15 is 0 Å². The fourth-order valence-electron chi connectivity index (χ4n) is 1.85. The topological polar surface area (TPSA) is 59.1 Å². The van der Waals surface area contributed by atoms with Crippen LogP contribution in [0.1, 0.15) is 12.5 Å². The summed E-state index contributed by atoms with van der Waals surface area (Å²) in [5.74, 6) is 0.401. The number of rotatable bonds is 6. The second-order valence-electron chi connectivity index (χ2n) is 4.47. The number of benzene rings is 1. The van der Waals surface area contributed by atoms with Crippen molar-refractivity contribution in [2.24, 2.45) is 0 Å². The maximum Gasteiger partial charge on any atom is 0.151 e. The maximum absolute atomic E-state index is 11.3. The Labute approximate surface area is 113 Å². The van der Waals surface area contributed by atoms with Gasteiger partial charge in [0, 0.05) is 36.6 Å². The molecule has 0 aliphatic carbocycles. The van der Waals surface area contributed by atoms with Crippen molar-refractivity contribution >= 4 is 20.6 Å². The smallest absolute Gasteiger partial charge is 0.151 e. The van der Waals surface area contributed by atoms with E-state index in [2.05, 4.69) is 16.4 Å². The summed E-state index contributed by atoms with van der Waals surface area (Å²) in [4.78, 5) is 4.07. The molecule has 0 spiro atoms. The van der Waals surface area contributed by atoms with Gasteiger partial charge in [-0.1, -0.05) is 19.1 Å². The molecule has 2 aromatic rings. The predicted molar refractivity (Wildman–Crippen MR) is 77.8 cm³/mol. The lowest BCUT2D eigenvalue weighted by Crippen LogP contribution is -2.23. The van der Waals surface area contributed by atoms with Gasteiger partial charge in [0.1, 0.15) is 0 Å². The average Bonchev–Trinajstić information content (AvgIpc) is 2.43. The predicted octanol–water partition coefficient (Wildman–Crippen LogP) is 1.76. The third-order valence-electron chi connectivity index (χ3n) is 3.06. The minimum Gasteiger partial charge on any atom is -0.312 e. The molecule has 2 rings (SSSR count). The van der Waals surface area contributed by atoms with Crippen molar-refractivity contribution in [3.05, 3.63) is 42.2 Å². The molecule has 0 atom stereocenters. The van der Waals surface area contributed by atoms with Crippen LogP contribution in [-0.4, -0.2) is 31.5 Å². The van der Waals surface area contributed by atoms with E-state index in [1.807, 2.05) is 24.4 Å². The molecule has 4 nitrogen and oxygen atoms in total. The molecule has 1 aromatic carbocycles. The number of pyridine rings is 1. The van der Waals surface area contributed by atoms with Gasteiger partial charge >= 0.3 is 0 Å². The van der Waals surface area contributed by atoms with Crippen LogP contribution in [0.4, 0.5) is 0 Å². The summed E-state index contributed by atoms with van der Waals surface area (Å²) in [6.45, 7) is 2.84. The molecule has 19 heavy (non-hydrogen) atoms. The molecule has 102 valence electrons. The zero-order valence-corrected chi connectivity index (χ0v) is 11.8. The second kappa shape index (κ2) is 6.12. The zero-order valence-electron chi connectivity index (χ0n) is 11.0. The largest absolute Gasteiger partial charge is 0.312 e. The molecule has 0 aliphatic heterocycles. The van der Waals surface area contributed by atoms with E-state index in [0.29, 0.717) is 13.1 Å². The Morgan fingerprint density at radius 3 is 2.84 bits per heavy atom. The van der Waals surface area contributed by atoms with Gasteiger partial charge < -0.3 is 5.32 Å². The van der Waals surface area contributed by atoms with Crippen LogP contribution in [0.3, 0.4) is 0 Å². The summed E-state index contributed by atoms with van der Waals surface area (Å²) in [6, 6.07) is 8.13. The lowest BCUT2D eigenvalue weighted by molar-refractivity contribution is 0.592. The molecule has 0 bridgehead atoms. The van der Waals surface area contributed by atoms with Crippen LogP contribution in [-0.2, 0) is 16.4 Å². The molecule has 0 saturated carbocycles. The molecule has 1 aromatic heterocycles. The van der Waals surface area contributed by atoms with Crippen molar-refractivity contribution in [2.45, 2.75) is 13.5 Å². The van der Waals surface area contributed by atoms with Crippen molar-refractivity contribution in [1.29, 1.82) is 0 Å². The highest BCUT2D eigenvalue weighted by molar-refractivity contribution is 7.91. The first-order valence-corrected chi connectivity index (χ1v) is 8.16. The van der Waals surface area contributed by atoms with E-state index in [-0.39, 0.29) is 11.5 Å². The summed E-state index contributed by atoms with van der Waals surface area (Å²) >= 11 is 0. The monoisotopic (exact) mass is 278 g/mol. The average molecular weight is 278 g/mol. The number of fused-ring (bicyclic) bond motifs is 1. The first-order valence-electron chi connectivity index (χ1n) is 6.34. The molecule has 5 heteroatoms. The van der Waals surface area contributed by atoms with E-state index in [9.17, 15) is 8.42 Å². The minimum absolute atomic E-state index is 0.195. The lowest BCUT2D eigenvalue weighted by Gasteiger charge is -2.06. The minimum atomic E-state index is -2.88. The second-order valence-corrected chi connectivity index (χ2v) is 6.94. The fraction of sp³-hybridized carbons (Fsp3) is 0.357. The van der Waals surface area contributed by atoms with Crippen LogP contribution in [0.25, 0.3) is 10.8 Å². The van der Waals surface area contributed by atoms with E-state index in [1.54, 1.807) is 13.1 Å². The van der Waals surface area contributed by atoms with E-state index in [1.165, 1.54) is 0 Å². The Morgan fingerprint density at radius 2 is 2.05 bits per heavy atom. The number of hydrogen-bond donors (Lipinski definition) is 1. The van der Waals surface area contributed by atoms with Crippen molar-refractivity contribution < 1.29 is 8.42 Å². The number of hydrogen-bond acceptors (Lipinski definition) is 4. The van der Waals surface area contributed by atoms with Gasteiger partial charge in [-0.25, -0.2) is 8.42 Å². The molecule has 0 unspecified atom stereocenters. The third-order valence-corrected chi connectivity index (χ3v) is 4.77. The van der Waals surface area contributed by atoms with Crippen molar-refractivity contribution in [1.82, 2.24) is 10.3 Å². The van der Waals surface area contributed by atoms with Crippen LogP contribution in [0.2, 0.25) is 0 Å². The van der Waals surface area contributed by atoms with Crippen molar-refractivity contribution in [3.63, 3.8) is 0 Å². The molecule has 0 amide bonds. The summed E-state index contributed by atoms with van der Waals surface area (Å²) in [5, 5.41) is 5.42. The molecule has 0 aliphatic rings. The summed E-state index contributed by atoms with van der Waals surface area (Å²) in [5.41, 5.74) is 1.15. The number of aromatic nitrogens is 1. The Morgan fingerprint density at radius 1 is 1.21 bits per heavy atom. The van der Waals surface area contributed by atoms with Gasteiger partial charge in [0.2, 0.25) is 0 Å². The summed E-state index contributed by atoms with van der Waals surface area (Å²) in [7, 11) is -2.88. The van der Waals surface area contributed by atoms with E-state index in [0.717, 1.165) is 16.3 Å². The number of nitrogens with zero attached hydrogens (tertiary/aromatic N) is 1. The summed E-state index contributed by atoms with van der Waals surface area (Å²) < 4.78 is 22.7. The van der Waals surface area contributed by atoms with Gasteiger partial charge in [0.15, 0.2) is 9.84 Å². The van der Waals surface area contributed by atoms with Crippen molar-refractivity contribution in [3.8, 4) is 0 Å². The zero-order chi connectivity index (χ0) is 13.7. The molecule has 1 heterocycles. The van der Waals surface area contributed by atoms with Gasteiger partial charge in [0.25, 0.3) is 0 Å². The lowest BCUT2D eigenvalue weighted by atomic mass is 10.1. The van der Waals surface area contributed by atoms with Gasteiger partial charge in [-0.05, 0) is 23.1 Å². The Balaban J connectivity index is 1.91. The van der Waals surface area contributed by atoms with Crippen LogP contribution in [0, 0.1) is 0 Å². The standard InChI is InChI=1S/C14H18N2O2S/c1-2-19(17,18)8-7-16-10-12-3-4-14-11-15-6-5-13(14)9-12/h3-6,9,11,16H,2,7-8,10H2,1H3. The highest BCUT2D eigenvalue weighted by Crippen LogP contribution is 2.14. The van der Waals surface area contributed by atoms with Gasteiger partial charge in [-0.15, -0.1) is 0 Å². The van der Waals surface area contributed by atoms with E-state index < -0.39 is 9.84 Å².